The Hall–Kier alpha value is -2.45. The Bertz CT molecular complexity index is 626. The van der Waals surface area contributed by atoms with Gasteiger partial charge in [0.05, 0.1) is 32.4 Å². The lowest BCUT2D eigenvalue weighted by atomic mass is 10.2. The number of hydrogen-bond acceptors (Lipinski definition) is 5. The van der Waals surface area contributed by atoms with Crippen LogP contribution in [0.2, 0.25) is 0 Å². The lowest BCUT2D eigenvalue weighted by Crippen LogP contribution is -3.11. The first-order chi connectivity index (χ1) is 12.5. The summed E-state index contributed by atoms with van der Waals surface area (Å²) in [5, 5.41) is 2.77. The number of nitrogens with zero attached hydrogens (tertiary/aromatic N) is 1. The van der Waals surface area contributed by atoms with Crippen molar-refractivity contribution in [2.45, 2.75) is 6.92 Å². The lowest BCUT2D eigenvalue weighted by Gasteiger charge is -2.27. The second-order valence-corrected chi connectivity index (χ2v) is 6.15. The van der Waals surface area contributed by atoms with Crippen molar-refractivity contribution in [1.29, 1.82) is 0 Å². The zero-order chi connectivity index (χ0) is 18.9. The maximum atomic E-state index is 12.2. The van der Waals surface area contributed by atoms with Gasteiger partial charge in [0.15, 0.2) is 13.1 Å². The average molecular weight is 364 g/mol. The Balaban J connectivity index is 1.78. The number of quaternary nitrogens is 1. The van der Waals surface area contributed by atoms with E-state index in [9.17, 15) is 14.4 Å². The quantitative estimate of drug-likeness (QED) is 0.617. The van der Waals surface area contributed by atoms with Crippen LogP contribution >= 0.6 is 0 Å². The van der Waals surface area contributed by atoms with Gasteiger partial charge in [0.1, 0.15) is 0 Å². The maximum absolute atomic E-state index is 12.2. The van der Waals surface area contributed by atoms with E-state index in [0.717, 1.165) is 4.90 Å². The molecule has 1 heterocycles. The van der Waals surface area contributed by atoms with Gasteiger partial charge in [0.25, 0.3) is 11.8 Å². The summed E-state index contributed by atoms with van der Waals surface area (Å²) >= 11 is 0. The van der Waals surface area contributed by atoms with E-state index in [0.29, 0.717) is 44.2 Å². The van der Waals surface area contributed by atoms with Crippen LogP contribution in [0.5, 0.6) is 0 Å². The summed E-state index contributed by atoms with van der Waals surface area (Å²) in [6, 6.07) is 6.51. The third-order valence-electron chi connectivity index (χ3n) is 3.96. The maximum Gasteiger partial charge on any atom is 0.338 e. The molecule has 26 heavy (non-hydrogen) atoms. The first-order valence-corrected chi connectivity index (χ1v) is 8.73. The minimum absolute atomic E-state index is 0.0254. The van der Waals surface area contributed by atoms with Gasteiger partial charge in [0, 0.05) is 18.8 Å². The van der Waals surface area contributed by atoms with E-state index in [2.05, 4.69) is 5.32 Å². The van der Waals surface area contributed by atoms with Crippen LogP contribution in [0.1, 0.15) is 17.3 Å². The molecule has 0 radical (unpaired) electrons. The van der Waals surface area contributed by atoms with Gasteiger partial charge in [-0.15, -0.1) is 0 Å². The predicted octanol–water partition coefficient (Wildman–Crippen LogP) is -0.825. The molecule has 0 bridgehead atoms. The van der Waals surface area contributed by atoms with Gasteiger partial charge in [0.2, 0.25) is 0 Å². The van der Waals surface area contributed by atoms with Crippen molar-refractivity contribution < 1.29 is 28.8 Å². The van der Waals surface area contributed by atoms with Crippen LogP contribution in [0.15, 0.2) is 24.3 Å². The molecule has 1 atom stereocenters. The zero-order valence-electron chi connectivity index (χ0n) is 15.2. The molecule has 1 aromatic carbocycles. The number of anilines is 1. The standard InChI is InChI=1S/C18H25N3O5/c1-3-26-18(24)14-4-6-15(7-5-14)19-16(22)12-20(2)13-17(23)21-8-10-25-11-9-21/h4-7H,3,8-13H2,1-2H3,(H,19,22)/p+1. The van der Waals surface area contributed by atoms with Gasteiger partial charge >= 0.3 is 5.97 Å². The number of rotatable bonds is 7. The van der Waals surface area contributed by atoms with Gasteiger partial charge in [-0.25, -0.2) is 4.79 Å². The van der Waals surface area contributed by atoms with Crippen molar-refractivity contribution in [3.8, 4) is 0 Å². The van der Waals surface area contributed by atoms with Gasteiger partial charge in [-0.2, -0.15) is 0 Å². The fourth-order valence-electron chi connectivity index (χ4n) is 2.63. The van der Waals surface area contributed by atoms with Crippen LogP contribution in [0.4, 0.5) is 5.69 Å². The highest BCUT2D eigenvalue weighted by molar-refractivity contribution is 5.93. The number of benzene rings is 1. The topological polar surface area (TPSA) is 89.4 Å². The fourth-order valence-corrected chi connectivity index (χ4v) is 2.63. The summed E-state index contributed by atoms with van der Waals surface area (Å²) in [5.41, 5.74) is 1.03. The molecule has 0 spiro atoms. The van der Waals surface area contributed by atoms with Gasteiger partial charge < -0.3 is 24.6 Å². The molecule has 0 aliphatic carbocycles. The zero-order valence-corrected chi connectivity index (χ0v) is 15.2. The van der Waals surface area contributed by atoms with Crippen LogP contribution in [0.25, 0.3) is 0 Å². The van der Waals surface area contributed by atoms with Gasteiger partial charge in [-0.3, -0.25) is 9.59 Å². The van der Waals surface area contributed by atoms with Crippen LogP contribution in [-0.2, 0) is 19.1 Å². The van der Waals surface area contributed by atoms with E-state index >= 15 is 0 Å². The van der Waals surface area contributed by atoms with Crippen molar-refractivity contribution in [2.24, 2.45) is 0 Å². The number of morpholine rings is 1. The number of nitrogens with one attached hydrogen (secondary N) is 2. The highest BCUT2D eigenvalue weighted by Gasteiger charge is 2.21. The molecular formula is C18H26N3O5+. The largest absolute Gasteiger partial charge is 0.462 e. The smallest absolute Gasteiger partial charge is 0.338 e. The lowest BCUT2D eigenvalue weighted by molar-refractivity contribution is -0.862. The summed E-state index contributed by atoms with van der Waals surface area (Å²) in [6.07, 6.45) is 0. The van der Waals surface area contributed by atoms with Crippen LogP contribution in [-0.4, -0.2) is 75.7 Å². The number of carbonyl (C=O) groups is 3. The first-order valence-electron chi connectivity index (χ1n) is 8.73. The number of hydrogen-bond donors (Lipinski definition) is 2. The predicted molar refractivity (Wildman–Crippen MR) is 95.0 cm³/mol. The minimum atomic E-state index is -0.392. The van der Waals surface area contributed by atoms with Crippen molar-refractivity contribution in [3.63, 3.8) is 0 Å². The number of amides is 2. The third-order valence-corrected chi connectivity index (χ3v) is 3.96. The Kier molecular flexibility index (Phi) is 7.55. The number of esters is 1. The highest BCUT2D eigenvalue weighted by atomic mass is 16.5. The van der Waals surface area contributed by atoms with E-state index in [-0.39, 0.29) is 24.9 Å². The van der Waals surface area contributed by atoms with E-state index < -0.39 is 5.97 Å². The van der Waals surface area contributed by atoms with E-state index in [1.165, 1.54) is 0 Å². The number of likely N-dealkylation sites (N-methyl/N-ethyl adjacent to an activating group) is 1. The van der Waals surface area contributed by atoms with Gasteiger partial charge in [-0.05, 0) is 31.2 Å². The van der Waals surface area contributed by atoms with Gasteiger partial charge in [-0.1, -0.05) is 0 Å². The SMILES string of the molecule is CCOC(=O)c1ccc(NC(=O)C[NH+](C)CC(=O)N2CCOCC2)cc1. The van der Waals surface area contributed by atoms with E-state index in [1.807, 2.05) is 7.05 Å². The number of ether oxygens (including phenoxy) is 2. The molecule has 2 N–H and O–H groups in total. The summed E-state index contributed by atoms with van der Waals surface area (Å²) in [5.74, 6) is -0.560. The molecule has 2 amide bonds. The third kappa shape index (κ3) is 6.12. The molecule has 1 unspecified atom stereocenters. The molecule has 1 aliphatic rings. The van der Waals surface area contributed by atoms with Crippen molar-refractivity contribution in [2.75, 3.05) is 58.4 Å². The second-order valence-electron chi connectivity index (χ2n) is 6.15. The monoisotopic (exact) mass is 364 g/mol. The fraction of sp³-hybridized carbons (Fsp3) is 0.500. The second kappa shape index (κ2) is 9.88. The molecule has 1 fully saturated rings. The molecule has 8 nitrogen and oxygen atoms in total. The van der Waals surface area contributed by atoms with Crippen molar-refractivity contribution >= 4 is 23.5 Å². The summed E-state index contributed by atoms with van der Waals surface area (Å²) in [7, 11) is 1.81. The van der Waals surface area contributed by atoms with E-state index in [4.69, 9.17) is 9.47 Å². The first kappa shape index (κ1) is 19.9. The normalized spacial score (nSPS) is 15.2. The van der Waals surface area contributed by atoms with Crippen LogP contribution < -0.4 is 10.2 Å². The van der Waals surface area contributed by atoms with Crippen molar-refractivity contribution in [1.82, 2.24) is 4.90 Å². The average Bonchev–Trinajstić information content (AvgIpc) is 2.63. The Labute approximate surface area is 153 Å². The summed E-state index contributed by atoms with van der Waals surface area (Å²) in [4.78, 5) is 38.5. The molecule has 1 aromatic rings. The summed E-state index contributed by atoms with van der Waals surface area (Å²) in [6.45, 7) is 4.83. The molecular weight excluding hydrogens is 338 g/mol. The minimum Gasteiger partial charge on any atom is -0.462 e. The molecule has 0 aromatic heterocycles. The molecule has 2 rings (SSSR count). The number of carbonyl (C=O) groups excluding carboxylic acids is 3. The molecule has 1 saturated heterocycles. The molecule has 142 valence electrons. The molecule has 8 heteroatoms. The Morgan fingerprint density at radius 2 is 1.81 bits per heavy atom. The molecule has 0 saturated carbocycles. The van der Waals surface area contributed by atoms with Crippen LogP contribution in [0.3, 0.4) is 0 Å². The summed E-state index contributed by atoms with van der Waals surface area (Å²) < 4.78 is 10.1. The Morgan fingerprint density at radius 3 is 2.42 bits per heavy atom. The van der Waals surface area contributed by atoms with Crippen molar-refractivity contribution in [3.05, 3.63) is 29.8 Å². The van der Waals surface area contributed by atoms with Crippen LogP contribution in [0, 0.1) is 0 Å². The molecule has 1 aliphatic heterocycles. The highest BCUT2D eigenvalue weighted by Crippen LogP contribution is 2.10. The Morgan fingerprint density at radius 1 is 1.15 bits per heavy atom. The van der Waals surface area contributed by atoms with E-state index in [1.54, 1.807) is 36.1 Å².